The SMILES string of the molecule is COCCNC(=O)NC(=O)CN(C)CCCN. The first-order chi connectivity index (χ1) is 8.10. The van der Waals surface area contributed by atoms with Crippen LogP contribution < -0.4 is 16.4 Å². The highest BCUT2D eigenvalue weighted by Gasteiger charge is 2.09. The van der Waals surface area contributed by atoms with Crippen LogP contribution >= 0.6 is 0 Å². The molecule has 100 valence electrons. The quantitative estimate of drug-likeness (QED) is 0.464. The summed E-state index contributed by atoms with van der Waals surface area (Å²) in [5, 5.41) is 4.73. The Hall–Kier alpha value is -1.18. The molecule has 0 atom stereocenters. The second-order valence-corrected chi connectivity index (χ2v) is 3.68. The van der Waals surface area contributed by atoms with E-state index in [1.807, 2.05) is 4.90 Å². The van der Waals surface area contributed by atoms with Crippen molar-refractivity contribution in [1.82, 2.24) is 15.5 Å². The second kappa shape index (κ2) is 10.0. The number of methoxy groups -OCH3 is 1. The molecule has 7 nitrogen and oxygen atoms in total. The Kier molecular flexibility index (Phi) is 9.31. The van der Waals surface area contributed by atoms with E-state index in [1.165, 1.54) is 7.11 Å². The summed E-state index contributed by atoms with van der Waals surface area (Å²) in [6, 6.07) is -0.501. The maximum atomic E-state index is 11.4. The number of nitrogens with one attached hydrogen (secondary N) is 2. The molecule has 0 rings (SSSR count). The van der Waals surface area contributed by atoms with Crippen molar-refractivity contribution in [3.63, 3.8) is 0 Å². The molecule has 0 fully saturated rings. The van der Waals surface area contributed by atoms with Crippen LogP contribution in [-0.4, -0.2) is 63.8 Å². The van der Waals surface area contributed by atoms with E-state index in [1.54, 1.807) is 7.05 Å². The van der Waals surface area contributed by atoms with Gasteiger partial charge in [-0.05, 0) is 26.6 Å². The lowest BCUT2D eigenvalue weighted by Crippen LogP contribution is -2.44. The molecule has 7 heteroatoms. The number of ether oxygens (including phenoxy) is 1. The minimum atomic E-state index is -0.501. The fraction of sp³-hybridized carbons (Fsp3) is 0.800. The standard InChI is InChI=1S/C10H22N4O3/c1-14(6-3-4-11)8-9(15)13-10(16)12-5-7-17-2/h3-8,11H2,1-2H3,(H2,12,13,15,16). The van der Waals surface area contributed by atoms with E-state index in [4.69, 9.17) is 10.5 Å². The molecule has 0 aromatic rings. The van der Waals surface area contributed by atoms with Crippen molar-refractivity contribution >= 4 is 11.9 Å². The Balaban J connectivity index is 3.66. The average molecular weight is 246 g/mol. The zero-order chi connectivity index (χ0) is 13.1. The molecule has 17 heavy (non-hydrogen) atoms. The molecule has 0 aliphatic carbocycles. The van der Waals surface area contributed by atoms with E-state index in [0.29, 0.717) is 19.7 Å². The predicted octanol–water partition coefficient (Wildman–Crippen LogP) is -1.26. The molecule has 0 aliphatic rings. The van der Waals surface area contributed by atoms with Crippen LogP contribution in [-0.2, 0) is 9.53 Å². The van der Waals surface area contributed by atoms with Crippen LogP contribution in [0.1, 0.15) is 6.42 Å². The molecule has 4 N–H and O–H groups in total. The summed E-state index contributed by atoms with van der Waals surface area (Å²) >= 11 is 0. The number of rotatable bonds is 8. The van der Waals surface area contributed by atoms with Gasteiger partial charge in [-0.2, -0.15) is 0 Å². The average Bonchev–Trinajstić information content (AvgIpc) is 2.26. The van der Waals surface area contributed by atoms with Gasteiger partial charge in [0.05, 0.1) is 13.2 Å². The monoisotopic (exact) mass is 246 g/mol. The number of carbonyl (C=O) groups excluding carboxylic acids is 2. The third-order valence-electron chi connectivity index (χ3n) is 2.00. The van der Waals surface area contributed by atoms with Crippen LogP contribution in [0.3, 0.4) is 0 Å². The predicted molar refractivity (Wildman–Crippen MR) is 64.6 cm³/mol. The maximum Gasteiger partial charge on any atom is 0.321 e. The highest BCUT2D eigenvalue weighted by molar-refractivity contribution is 5.95. The molecular weight excluding hydrogens is 224 g/mol. The molecule has 0 aromatic carbocycles. The lowest BCUT2D eigenvalue weighted by atomic mass is 10.4. The number of nitrogens with zero attached hydrogens (tertiary/aromatic N) is 1. The van der Waals surface area contributed by atoms with E-state index in [0.717, 1.165) is 13.0 Å². The van der Waals surface area contributed by atoms with Crippen LogP contribution in [0.25, 0.3) is 0 Å². The Morgan fingerprint density at radius 3 is 2.71 bits per heavy atom. The van der Waals surface area contributed by atoms with Crippen LogP contribution in [0.4, 0.5) is 4.79 Å². The molecule has 0 saturated heterocycles. The maximum absolute atomic E-state index is 11.4. The minimum Gasteiger partial charge on any atom is -0.383 e. The van der Waals surface area contributed by atoms with Gasteiger partial charge in [-0.1, -0.05) is 0 Å². The Morgan fingerprint density at radius 1 is 1.41 bits per heavy atom. The molecule has 0 aromatic heterocycles. The van der Waals surface area contributed by atoms with Gasteiger partial charge in [-0.15, -0.1) is 0 Å². The van der Waals surface area contributed by atoms with Crippen LogP contribution in [0.15, 0.2) is 0 Å². The van der Waals surface area contributed by atoms with E-state index in [9.17, 15) is 9.59 Å². The fourth-order valence-electron chi connectivity index (χ4n) is 1.16. The normalized spacial score (nSPS) is 10.4. The number of nitrogens with two attached hydrogens (primary N) is 1. The molecule has 0 saturated carbocycles. The number of hydrogen-bond donors (Lipinski definition) is 3. The molecule has 0 radical (unpaired) electrons. The van der Waals surface area contributed by atoms with Gasteiger partial charge in [0.2, 0.25) is 5.91 Å². The van der Waals surface area contributed by atoms with Crippen molar-refractivity contribution in [3.05, 3.63) is 0 Å². The van der Waals surface area contributed by atoms with Crippen LogP contribution in [0, 0.1) is 0 Å². The summed E-state index contributed by atoms with van der Waals surface area (Å²) in [5.74, 6) is -0.334. The third-order valence-corrected chi connectivity index (χ3v) is 2.00. The van der Waals surface area contributed by atoms with Gasteiger partial charge in [-0.25, -0.2) is 4.79 Å². The largest absolute Gasteiger partial charge is 0.383 e. The van der Waals surface area contributed by atoms with E-state index in [2.05, 4.69) is 10.6 Å². The number of imide groups is 1. The molecule has 0 unspecified atom stereocenters. The number of likely N-dealkylation sites (N-methyl/N-ethyl adjacent to an activating group) is 1. The van der Waals surface area contributed by atoms with Gasteiger partial charge in [-0.3, -0.25) is 15.0 Å². The first-order valence-corrected chi connectivity index (χ1v) is 5.55. The van der Waals surface area contributed by atoms with Gasteiger partial charge in [0.1, 0.15) is 0 Å². The van der Waals surface area contributed by atoms with Crippen molar-refractivity contribution < 1.29 is 14.3 Å². The van der Waals surface area contributed by atoms with Crippen LogP contribution in [0.5, 0.6) is 0 Å². The summed E-state index contributed by atoms with van der Waals surface area (Å²) in [6.07, 6.45) is 0.823. The summed E-state index contributed by atoms with van der Waals surface area (Å²) in [4.78, 5) is 24.4. The van der Waals surface area contributed by atoms with E-state index < -0.39 is 6.03 Å². The number of urea groups is 1. The smallest absolute Gasteiger partial charge is 0.321 e. The minimum absolute atomic E-state index is 0.178. The molecule has 0 bridgehead atoms. The summed E-state index contributed by atoms with van der Waals surface area (Å²) < 4.78 is 4.76. The Labute approximate surface area is 102 Å². The van der Waals surface area contributed by atoms with Crippen molar-refractivity contribution in [2.75, 3.05) is 46.9 Å². The summed E-state index contributed by atoms with van der Waals surface area (Å²) in [6.45, 7) is 2.28. The van der Waals surface area contributed by atoms with Crippen molar-refractivity contribution in [2.24, 2.45) is 5.73 Å². The van der Waals surface area contributed by atoms with Crippen molar-refractivity contribution in [2.45, 2.75) is 6.42 Å². The zero-order valence-corrected chi connectivity index (χ0v) is 10.5. The second-order valence-electron chi connectivity index (χ2n) is 3.68. The lowest BCUT2D eigenvalue weighted by Gasteiger charge is -2.15. The van der Waals surface area contributed by atoms with Gasteiger partial charge in [0.15, 0.2) is 0 Å². The number of amides is 3. The van der Waals surface area contributed by atoms with E-state index >= 15 is 0 Å². The highest BCUT2D eigenvalue weighted by atomic mass is 16.5. The Bertz CT molecular complexity index is 236. The lowest BCUT2D eigenvalue weighted by molar-refractivity contribution is -0.120. The van der Waals surface area contributed by atoms with Gasteiger partial charge >= 0.3 is 6.03 Å². The van der Waals surface area contributed by atoms with Crippen LogP contribution in [0.2, 0.25) is 0 Å². The first-order valence-electron chi connectivity index (χ1n) is 5.55. The first kappa shape index (κ1) is 15.8. The summed E-state index contributed by atoms with van der Waals surface area (Å²) in [7, 11) is 3.34. The zero-order valence-electron chi connectivity index (χ0n) is 10.5. The van der Waals surface area contributed by atoms with Crippen molar-refractivity contribution in [1.29, 1.82) is 0 Å². The Morgan fingerprint density at radius 2 is 2.12 bits per heavy atom. The summed E-state index contributed by atoms with van der Waals surface area (Å²) in [5.41, 5.74) is 5.35. The third kappa shape index (κ3) is 9.73. The van der Waals surface area contributed by atoms with Crippen molar-refractivity contribution in [3.8, 4) is 0 Å². The van der Waals surface area contributed by atoms with Gasteiger partial charge in [0, 0.05) is 13.7 Å². The van der Waals surface area contributed by atoms with Gasteiger partial charge in [0.25, 0.3) is 0 Å². The molecular formula is C10H22N4O3. The van der Waals surface area contributed by atoms with E-state index in [-0.39, 0.29) is 12.5 Å². The molecule has 0 heterocycles. The van der Waals surface area contributed by atoms with Gasteiger partial charge < -0.3 is 15.8 Å². The highest BCUT2D eigenvalue weighted by Crippen LogP contribution is 1.85. The molecule has 0 aliphatic heterocycles. The topological polar surface area (TPSA) is 96.7 Å². The number of hydrogen-bond acceptors (Lipinski definition) is 5. The molecule has 3 amide bonds. The number of carbonyl (C=O) groups is 2. The molecule has 0 spiro atoms. The fourth-order valence-corrected chi connectivity index (χ4v) is 1.16.